The maximum Gasteiger partial charge on any atom is 0.224 e. The second-order valence-corrected chi connectivity index (χ2v) is 9.65. The van der Waals surface area contributed by atoms with Gasteiger partial charge in [0.15, 0.2) is 10.9 Å². The average molecular weight is 507 g/mol. The second-order valence-electron chi connectivity index (χ2n) is 8.62. The number of nitrogens with one attached hydrogen (secondary N) is 1. The summed E-state index contributed by atoms with van der Waals surface area (Å²) in [4.78, 5) is 29.3. The fourth-order valence-electron chi connectivity index (χ4n) is 4.53. The Balaban J connectivity index is 1.27. The van der Waals surface area contributed by atoms with Crippen LogP contribution in [0, 0.1) is 5.82 Å². The molecule has 10 heteroatoms. The van der Waals surface area contributed by atoms with E-state index in [0.29, 0.717) is 22.3 Å². The highest BCUT2D eigenvalue weighted by atomic mass is 32.1. The zero-order valence-corrected chi connectivity index (χ0v) is 21.0. The number of benzene rings is 2. The minimum Gasteiger partial charge on any atom is -0.437 e. The highest BCUT2D eigenvalue weighted by molar-refractivity contribution is 7.22. The van der Waals surface area contributed by atoms with Crippen LogP contribution in [-0.2, 0) is 4.79 Å². The lowest BCUT2D eigenvalue weighted by atomic mass is 10.0. The molecule has 3 heterocycles. The van der Waals surface area contributed by atoms with E-state index >= 15 is 0 Å². The van der Waals surface area contributed by atoms with E-state index in [0.717, 1.165) is 48.7 Å². The van der Waals surface area contributed by atoms with Crippen molar-refractivity contribution in [3.63, 3.8) is 0 Å². The summed E-state index contributed by atoms with van der Waals surface area (Å²) in [5.41, 5.74) is 1.81. The predicted molar refractivity (Wildman–Crippen MR) is 139 cm³/mol. The maximum absolute atomic E-state index is 13.4. The third kappa shape index (κ3) is 5.29. The molecule has 1 amide bonds. The number of hydrogen-bond acceptors (Lipinski definition) is 8. The average Bonchev–Trinajstić information content (AvgIpc) is 3.29. The first-order valence-corrected chi connectivity index (χ1v) is 12.7. The molecule has 0 spiro atoms. The molecule has 0 aliphatic carbocycles. The van der Waals surface area contributed by atoms with Crippen molar-refractivity contribution in [1.29, 1.82) is 0 Å². The van der Waals surface area contributed by atoms with E-state index < -0.39 is 0 Å². The molecule has 1 aliphatic heterocycles. The molecule has 186 valence electrons. The van der Waals surface area contributed by atoms with Crippen LogP contribution >= 0.6 is 11.3 Å². The Hall–Kier alpha value is -3.63. The number of halogens is 1. The quantitative estimate of drug-likeness (QED) is 0.367. The van der Waals surface area contributed by atoms with Gasteiger partial charge in [-0.15, -0.1) is 0 Å². The van der Waals surface area contributed by atoms with Crippen molar-refractivity contribution in [3.05, 3.63) is 66.2 Å². The van der Waals surface area contributed by atoms with Gasteiger partial charge in [-0.3, -0.25) is 9.69 Å². The molecule has 0 radical (unpaired) electrons. The van der Waals surface area contributed by atoms with E-state index in [1.807, 2.05) is 36.4 Å². The van der Waals surface area contributed by atoms with Crippen molar-refractivity contribution in [1.82, 2.24) is 19.9 Å². The number of carbonyl (C=O) groups is 1. The molecule has 4 aromatic rings. The molecule has 1 N–H and O–H groups in total. The number of nitrogens with zero attached hydrogens (tertiary/aromatic N) is 5. The zero-order valence-electron chi connectivity index (χ0n) is 20.1. The number of fused-ring (bicyclic) bond motifs is 1. The van der Waals surface area contributed by atoms with Crippen LogP contribution in [0.3, 0.4) is 0 Å². The Morgan fingerprint density at radius 2 is 1.92 bits per heavy atom. The molecule has 1 atom stereocenters. The van der Waals surface area contributed by atoms with Crippen molar-refractivity contribution >= 4 is 38.4 Å². The fraction of sp³-hybridized carbons (Fsp3) is 0.308. The van der Waals surface area contributed by atoms with Gasteiger partial charge in [0.25, 0.3) is 0 Å². The molecule has 1 fully saturated rings. The summed E-state index contributed by atoms with van der Waals surface area (Å²) in [5.74, 6) is 1.43. The Morgan fingerprint density at radius 3 is 2.64 bits per heavy atom. The van der Waals surface area contributed by atoms with Gasteiger partial charge in [-0.1, -0.05) is 36.5 Å². The molecule has 36 heavy (non-hydrogen) atoms. The minimum absolute atomic E-state index is 0.167. The lowest BCUT2D eigenvalue weighted by Gasteiger charge is -2.39. The number of thiazole rings is 1. The molecule has 1 aliphatic rings. The normalized spacial score (nSPS) is 15.1. The van der Waals surface area contributed by atoms with Crippen LogP contribution in [0.1, 0.15) is 31.9 Å². The highest BCUT2D eigenvalue weighted by Gasteiger charge is 2.25. The van der Waals surface area contributed by atoms with Gasteiger partial charge >= 0.3 is 0 Å². The molecule has 8 nitrogen and oxygen atoms in total. The SMILES string of the molecule is CC[C@@H](c1ccc(F)cc1)N1CCN(c2cc(Oc3cccc4sc(NC(C)=O)nc34)ncn2)CC1. The van der Waals surface area contributed by atoms with Crippen LogP contribution in [-0.4, -0.2) is 51.9 Å². The molecule has 0 bridgehead atoms. The molecular formula is C26H27FN6O2S. The number of carbonyl (C=O) groups excluding carboxylic acids is 1. The van der Waals surface area contributed by atoms with Crippen LogP contribution in [0.25, 0.3) is 10.2 Å². The van der Waals surface area contributed by atoms with Crippen molar-refractivity contribution in [2.45, 2.75) is 26.3 Å². The van der Waals surface area contributed by atoms with E-state index in [1.165, 1.54) is 36.7 Å². The Labute approximate surface area is 212 Å². The van der Waals surface area contributed by atoms with Crippen LogP contribution in [0.4, 0.5) is 15.3 Å². The van der Waals surface area contributed by atoms with Crippen LogP contribution in [0.5, 0.6) is 11.6 Å². The summed E-state index contributed by atoms with van der Waals surface area (Å²) < 4.78 is 20.4. The minimum atomic E-state index is -0.209. The van der Waals surface area contributed by atoms with Crippen molar-refractivity contribution in [2.75, 3.05) is 36.4 Å². The van der Waals surface area contributed by atoms with E-state index in [1.54, 1.807) is 0 Å². The summed E-state index contributed by atoms with van der Waals surface area (Å²) in [6.45, 7) is 7.00. The van der Waals surface area contributed by atoms with Crippen molar-refractivity contribution in [2.24, 2.45) is 0 Å². The number of rotatable bonds is 7. The summed E-state index contributed by atoms with van der Waals surface area (Å²) in [7, 11) is 0. The molecule has 0 saturated carbocycles. The van der Waals surface area contributed by atoms with Crippen molar-refractivity contribution < 1.29 is 13.9 Å². The molecule has 1 saturated heterocycles. The van der Waals surface area contributed by atoms with Crippen LogP contribution in [0.15, 0.2) is 54.9 Å². The van der Waals surface area contributed by atoms with Gasteiger partial charge in [0, 0.05) is 45.2 Å². The maximum atomic E-state index is 13.4. The molecule has 2 aromatic heterocycles. The van der Waals surface area contributed by atoms with Gasteiger partial charge in [-0.25, -0.2) is 19.3 Å². The summed E-state index contributed by atoms with van der Waals surface area (Å²) in [6, 6.07) is 14.6. The third-order valence-corrected chi connectivity index (χ3v) is 7.16. The lowest BCUT2D eigenvalue weighted by Crippen LogP contribution is -2.47. The second kappa shape index (κ2) is 10.5. The third-order valence-electron chi connectivity index (χ3n) is 6.23. The topological polar surface area (TPSA) is 83.5 Å². The number of para-hydroxylation sites is 1. The first-order chi connectivity index (χ1) is 17.5. The van der Waals surface area contributed by atoms with Crippen molar-refractivity contribution in [3.8, 4) is 11.6 Å². The first kappa shape index (κ1) is 24.1. The monoisotopic (exact) mass is 506 g/mol. The van der Waals surface area contributed by atoms with Gasteiger partial charge < -0.3 is 15.0 Å². The van der Waals surface area contributed by atoms with E-state index in [2.05, 4.69) is 37.0 Å². The molecule has 2 aromatic carbocycles. The van der Waals surface area contributed by atoms with Crippen LogP contribution < -0.4 is 15.0 Å². The highest BCUT2D eigenvalue weighted by Crippen LogP contribution is 2.35. The van der Waals surface area contributed by atoms with Gasteiger partial charge in [0.2, 0.25) is 11.8 Å². The summed E-state index contributed by atoms with van der Waals surface area (Å²) in [5, 5.41) is 3.25. The standard InChI is InChI=1S/C26H27FN6O2S/c1-3-20(18-7-9-19(27)10-8-18)32-11-13-33(14-12-32)23-15-24(29-16-28-23)35-21-5-4-6-22-25(21)31-26(36-22)30-17(2)34/h4-10,15-16,20H,3,11-14H2,1-2H3,(H,30,31,34)/t20-/m0/s1. The van der Waals surface area contributed by atoms with Gasteiger partial charge in [-0.2, -0.15) is 0 Å². The Bertz CT molecular complexity index is 1350. The number of hydrogen-bond donors (Lipinski definition) is 1. The Morgan fingerprint density at radius 1 is 1.14 bits per heavy atom. The van der Waals surface area contributed by atoms with E-state index in [-0.39, 0.29) is 17.8 Å². The number of piperazine rings is 1. The first-order valence-electron chi connectivity index (χ1n) is 11.9. The van der Waals surface area contributed by atoms with Gasteiger partial charge in [0.1, 0.15) is 23.5 Å². The van der Waals surface area contributed by atoms with E-state index in [4.69, 9.17) is 4.74 Å². The summed E-state index contributed by atoms with van der Waals surface area (Å²) in [6.07, 6.45) is 2.47. The molecule has 0 unspecified atom stereocenters. The largest absolute Gasteiger partial charge is 0.437 e. The van der Waals surface area contributed by atoms with Crippen LogP contribution in [0.2, 0.25) is 0 Å². The Kier molecular flexibility index (Phi) is 7.06. The lowest BCUT2D eigenvalue weighted by molar-refractivity contribution is -0.114. The smallest absolute Gasteiger partial charge is 0.224 e. The zero-order chi connectivity index (χ0) is 25.1. The number of anilines is 2. The van der Waals surface area contributed by atoms with E-state index in [9.17, 15) is 9.18 Å². The summed E-state index contributed by atoms with van der Waals surface area (Å²) >= 11 is 1.39. The number of amides is 1. The number of ether oxygens (including phenoxy) is 1. The van der Waals surface area contributed by atoms with Gasteiger partial charge in [0.05, 0.1) is 4.70 Å². The molecular weight excluding hydrogens is 479 g/mol. The fourth-order valence-corrected chi connectivity index (χ4v) is 5.46. The predicted octanol–water partition coefficient (Wildman–Crippen LogP) is 5.25. The van der Waals surface area contributed by atoms with Gasteiger partial charge in [-0.05, 0) is 36.2 Å². The number of aromatic nitrogens is 3. The molecule has 5 rings (SSSR count).